The number of fused-ring (bicyclic) bond motifs is 3. The van der Waals surface area contributed by atoms with E-state index in [-0.39, 0.29) is 0 Å². The van der Waals surface area contributed by atoms with Gasteiger partial charge in [-0.05, 0) is 11.5 Å². The van der Waals surface area contributed by atoms with E-state index in [2.05, 4.69) is 28.2 Å². The molecule has 0 bridgehead atoms. The highest BCUT2D eigenvalue weighted by Crippen LogP contribution is 2.06. The molecule has 2 aromatic rings. The Kier molecular flexibility index (Phi) is 1.25. The van der Waals surface area contributed by atoms with E-state index in [1.807, 2.05) is 18.2 Å². The lowest BCUT2D eigenvalue weighted by Gasteiger charge is -1.94. The topological polar surface area (TPSA) is 24.7 Å². The zero-order valence-corrected chi connectivity index (χ0v) is 7.07. The van der Waals surface area contributed by atoms with Gasteiger partial charge in [-0.1, -0.05) is 30.3 Å². The molecule has 0 saturated carbocycles. The third-order valence-electron chi connectivity index (χ3n) is 2.35. The summed E-state index contributed by atoms with van der Waals surface area (Å²) in [6.45, 7) is 0.587. The van der Waals surface area contributed by atoms with Crippen LogP contribution in [0.2, 0.25) is 0 Å². The maximum absolute atomic E-state index is 4.36. The van der Waals surface area contributed by atoms with Crippen LogP contribution in [0.15, 0.2) is 46.4 Å². The zero-order valence-electron chi connectivity index (χ0n) is 7.07. The van der Waals surface area contributed by atoms with E-state index >= 15 is 0 Å². The fourth-order valence-corrected chi connectivity index (χ4v) is 1.72. The lowest BCUT2D eigenvalue weighted by atomic mass is 10.1. The van der Waals surface area contributed by atoms with Gasteiger partial charge in [-0.2, -0.15) is 0 Å². The van der Waals surface area contributed by atoms with Crippen LogP contribution < -0.4 is 10.7 Å². The summed E-state index contributed by atoms with van der Waals surface area (Å²) in [6.07, 6.45) is 0. The van der Waals surface area contributed by atoms with Gasteiger partial charge in [-0.3, -0.25) is 9.98 Å². The summed E-state index contributed by atoms with van der Waals surface area (Å²) in [5.41, 5.74) is 0. The first-order chi connectivity index (χ1) is 6.45. The van der Waals surface area contributed by atoms with E-state index in [4.69, 9.17) is 0 Å². The molecule has 0 fully saturated rings. The second-order valence-electron chi connectivity index (χ2n) is 3.11. The summed E-state index contributed by atoms with van der Waals surface area (Å²) in [5, 5.41) is 4.53. The van der Waals surface area contributed by atoms with E-state index in [0.717, 1.165) is 10.7 Å². The maximum Gasteiger partial charge on any atom is 0.130 e. The molecular weight excluding hydrogens is 160 g/mol. The number of hydrogen-bond donors (Lipinski definition) is 0. The van der Waals surface area contributed by atoms with Crippen molar-refractivity contribution in [3.63, 3.8) is 0 Å². The molecule has 3 rings (SSSR count). The van der Waals surface area contributed by atoms with Crippen molar-refractivity contribution in [2.45, 2.75) is 0 Å². The summed E-state index contributed by atoms with van der Waals surface area (Å²) in [4.78, 5) is 8.64. The van der Waals surface area contributed by atoms with Gasteiger partial charge >= 0.3 is 0 Å². The summed E-state index contributed by atoms with van der Waals surface area (Å²) in [6, 6.07) is 12.4. The predicted molar refractivity (Wildman–Crippen MR) is 51.1 cm³/mol. The Morgan fingerprint density at radius 1 is 0.923 bits per heavy atom. The molecule has 0 aliphatic carbocycles. The van der Waals surface area contributed by atoms with Gasteiger partial charge in [0.25, 0.3) is 0 Å². The highest BCUT2D eigenvalue weighted by Gasteiger charge is 2.00. The number of rotatable bonds is 0. The van der Waals surface area contributed by atoms with Gasteiger partial charge in [0.1, 0.15) is 6.67 Å². The first kappa shape index (κ1) is 6.78. The average Bonchev–Trinajstić information content (AvgIpc) is 2.65. The van der Waals surface area contributed by atoms with Gasteiger partial charge in [0.2, 0.25) is 0 Å². The molecule has 0 saturated heterocycles. The molecule has 0 unspecified atom stereocenters. The van der Waals surface area contributed by atoms with Gasteiger partial charge in [-0.15, -0.1) is 0 Å². The van der Waals surface area contributed by atoms with Crippen molar-refractivity contribution >= 4 is 10.8 Å². The minimum atomic E-state index is 0.587. The third kappa shape index (κ3) is 0.886. The number of nitrogens with zero attached hydrogens (tertiary/aromatic N) is 2. The van der Waals surface area contributed by atoms with E-state index in [9.17, 15) is 0 Å². The molecule has 2 nitrogen and oxygen atoms in total. The van der Waals surface area contributed by atoms with E-state index in [0.29, 0.717) is 6.67 Å². The maximum atomic E-state index is 4.36. The fraction of sp³-hybridized carbons (Fsp3) is 0.0909. The first-order valence-corrected chi connectivity index (χ1v) is 4.32. The molecule has 0 atom stereocenters. The molecule has 1 aliphatic rings. The van der Waals surface area contributed by atoms with E-state index in [1.54, 1.807) is 0 Å². The largest absolute Gasteiger partial charge is 0.260 e. The van der Waals surface area contributed by atoms with Crippen molar-refractivity contribution in [2.75, 3.05) is 6.67 Å². The molecule has 2 aromatic carbocycles. The lowest BCUT2D eigenvalue weighted by Crippen LogP contribution is -2.21. The molecule has 0 aromatic heterocycles. The smallest absolute Gasteiger partial charge is 0.130 e. The Morgan fingerprint density at radius 3 is 2.85 bits per heavy atom. The SMILES string of the molecule is c1ccc2c3c(ccc2c1)=NCN=3. The fourth-order valence-electron chi connectivity index (χ4n) is 1.72. The highest BCUT2D eigenvalue weighted by molar-refractivity contribution is 5.81. The van der Waals surface area contributed by atoms with Crippen molar-refractivity contribution in [1.82, 2.24) is 0 Å². The predicted octanol–water partition coefficient (Wildman–Crippen LogP) is 1.05. The molecule has 0 radical (unpaired) electrons. The monoisotopic (exact) mass is 168 g/mol. The Bertz CT molecular complexity index is 585. The molecule has 62 valence electrons. The van der Waals surface area contributed by atoms with Gasteiger partial charge in [0, 0.05) is 5.39 Å². The second-order valence-corrected chi connectivity index (χ2v) is 3.11. The average molecular weight is 168 g/mol. The van der Waals surface area contributed by atoms with Gasteiger partial charge in [-0.25, -0.2) is 0 Å². The van der Waals surface area contributed by atoms with Crippen molar-refractivity contribution in [3.05, 3.63) is 47.1 Å². The molecule has 0 spiro atoms. The minimum Gasteiger partial charge on any atom is -0.260 e. The molecule has 0 N–H and O–H groups in total. The van der Waals surface area contributed by atoms with Crippen molar-refractivity contribution in [3.8, 4) is 0 Å². The number of benzene rings is 2. The molecular formula is C11H8N2. The van der Waals surface area contributed by atoms with Crippen molar-refractivity contribution < 1.29 is 0 Å². The van der Waals surface area contributed by atoms with Crippen LogP contribution in [0, 0.1) is 0 Å². The summed E-state index contributed by atoms with van der Waals surface area (Å²) in [5.74, 6) is 0. The van der Waals surface area contributed by atoms with Crippen LogP contribution in [0.1, 0.15) is 0 Å². The van der Waals surface area contributed by atoms with Gasteiger partial charge in [0.15, 0.2) is 0 Å². The summed E-state index contributed by atoms with van der Waals surface area (Å²) in [7, 11) is 0. The van der Waals surface area contributed by atoms with Crippen LogP contribution in [0.25, 0.3) is 10.8 Å². The Hall–Kier alpha value is -1.70. The molecule has 13 heavy (non-hydrogen) atoms. The zero-order chi connectivity index (χ0) is 8.67. The van der Waals surface area contributed by atoms with Crippen LogP contribution in [0.3, 0.4) is 0 Å². The van der Waals surface area contributed by atoms with Crippen LogP contribution in [0.4, 0.5) is 0 Å². The lowest BCUT2D eigenvalue weighted by molar-refractivity contribution is 1.06. The quantitative estimate of drug-likeness (QED) is 0.561. The van der Waals surface area contributed by atoms with Crippen LogP contribution in [-0.2, 0) is 0 Å². The summed E-state index contributed by atoms with van der Waals surface area (Å²) >= 11 is 0. The Morgan fingerprint density at radius 2 is 1.85 bits per heavy atom. The van der Waals surface area contributed by atoms with Crippen molar-refractivity contribution in [2.24, 2.45) is 9.98 Å². The second kappa shape index (κ2) is 2.39. The Labute approximate surface area is 75.3 Å². The molecule has 2 heteroatoms. The van der Waals surface area contributed by atoms with Crippen LogP contribution >= 0.6 is 0 Å². The molecule has 1 heterocycles. The standard InChI is InChI=1S/C11H8N2/c1-2-4-9-8(3-1)5-6-10-11(9)13-7-12-10/h1-6H,7H2. The summed E-state index contributed by atoms with van der Waals surface area (Å²) < 4.78 is 0. The number of hydrogen-bond acceptors (Lipinski definition) is 2. The third-order valence-corrected chi connectivity index (χ3v) is 2.35. The normalized spacial score (nSPS) is 13.5. The van der Waals surface area contributed by atoms with Gasteiger partial charge in [0.05, 0.1) is 10.7 Å². The van der Waals surface area contributed by atoms with Crippen molar-refractivity contribution in [1.29, 1.82) is 0 Å². The Balaban J connectivity index is 2.67. The van der Waals surface area contributed by atoms with E-state index < -0.39 is 0 Å². The molecule has 0 amide bonds. The van der Waals surface area contributed by atoms with Gasteiger partial charge < -0.3 is 0 Å². The first-order valence-electron chi connectivity index (χ1n) is 4.32. The highest BCUT2D eigenvalue weighted by atomic mass is 15.0. The van der Waals surface area contributed by atoms with Crippen LogP contribution in [0.5, 0.6) is 0 Å². The van der Waals surface area contributed by atoms with E-state index in [1.165, 1.54) is 10.8 Å². The molecule has 1 aliphatic heterocycles. The van der Waals surface area contributed by atoms with Crippen LogP contribution in [-0.4, -0.2) is 6.67 Å². The minimum absolute atomic E-state index is 0.587.